The van der Waals surface area contributed by atoms with Crippen LogP contribution in [0, 0.1) is 19.7 Å². The number of benzene rings is 1. The molecule has 7 heteroatoms. The zero-order valence-corrected chi connectivity index (χ0v) is 11.3. The second kappa shape index (κ2) is 5.23. The average Bonchev–Trinajstić information content (AvgIpc) is 2.69. The van der Waals surface area contributed by atoms with E-state index in [0.717, 1.165) is 0 Å². The van der Waals surface area contributed by atoms with Crippen molar-refractivity contribution in [1.82, 2.24) is 4.68 Å². The van der Waals surface area contributed by atoms with Gasteiger partial charge in [0.1, 0.15) is 5.82 Å². The van der Waals surface area contributed by atoms with Gasteiger partial charge in [-0.1, -0.05) is 0 Å². The lowest BCUT2D eigenvalue weighted by Crippen LogP contribution is -2.26. The SMILES string of the molecule is Cc1ccc(C)n1NC(=O)c1cc(C(F)(F)F)ccc1F. The van der Waals surface area contributed by atoms with Crippen LogP contribution in [0.1, 0.15) is 27.3 Å². The Labute approximate surface area is 118 Å². The maximum atomic E-state index is 13.6. The molecule has 112 valence electrons. The monoisotopic (exact) mass is 300 g/mol. The molecule has 1 heterocycles. The van der Waals surface area contributed by atoms with E-state index >= 15 is 0 Å². The smallest absolute Gasteiger partial charge is 0.267 e. The third kappa shape index (κ3) is 3.07. The topological polar surface area (TPSA) is 34.0 Å². The van der Waals surface area contributed by atoms with E-state index in [9.17, 15) is 22.4 Å². The van der Waals surface area contributed by atoms with E-state index in [0.29, 0.717) is 29.6 Å². The van der Waals surface area contributed by atoms with Gasteiger partial charge in [-0.05, 0) is 44.2 Å². The Morgan fingerprint density at radius 3 is 2.19 bits per heavy atom. The summed E-state index contributed by atoms with van der Waals surface area (Å²) in [5.41, 5.74) is 1.98. The highest BCUT2D eigenvalue weighted by Crippen LogP contribution is 2.30. The predicted molar refractivity (Wildman–Crippen MR) is 69.0 cm³/mol. The summed E-state index contributed by atoms with van der Waals surface area (Å²) in [6.07, 6.45) is -4.64. The van der Waals surface area contributed by atoms with Crippen molar-refractivity contribution >= 4 is 5.91 Å². The van der Waals surface area contributed by atoms with E-state index < -0.39 is 29.0 Å². The van der Waals surface area contributed by atoms with Gasteiger partial charge >= 0.3 is 6.18 Å². The van der Waals surface area contributed by atoms with Gasteiger partial charge in [-0.15, -0.1) is 0 Å². The summed E-state index contributed by atoms with van der Waals surface area (Å²) < 4.78 is 52.8. The van der Waals surface area contributed by atoms with Crippen molar-refractivity contribution in [2.75, 3.05) is 5.43 Å². The van der Waals surface area contributed by atoms with Gasteiger partial charge in [-0.25, -0.2) is 4.39 Å². The maximum absolute atomic E-state index is 13.6. The highest BCUT2D eigenvalue weighted by atomic mass is 19.4. The number of alkyl halides is 3. The Hall–Kier alpha value is -2.31. The number of hydrogen-bond acceptors (Lipinski definition) is 1. The number of carbonyl (C=O) groups is 1. The Morgan fingerprint density at radius 1 is 1.10 bits per heavy atom. The van der Waals surface area contributed by atoms with E-state index in [1.165, 1.54) is 4.68 Å². The zero-order valence-electron chi connectivity index (χ0n) is 11.3. The Kier molecular flexibility index (Phi) is 3.76. The molecule has 0 saturated carbocycles. The summed E-state index contributed by atoms with van der Waals surface area (Å²) >= 11 is 0. The van der Waals surface area contributed by atoms with Gasteiger partial charge in [0.05, 0.1) is 11.1 Å². The Morgan fingerprint density at radius 2 is 1.67 bits per heavy atom. The van der Waals surface area contributed by atoms with Gasteiger partial charge in [0.15, 0.2) is 0 Å². The number of rotatable bonds is 2. The van der Waals surface area contributed by atoms with Crippen LogP contribution < -0.4 is 5.43 Å². The van der Waals surface area contributed by atoms with Gasteiger partial charge < -0.3 is 0 Å². The van der Waals surface area contributed by atoms with Crippen molar-refractivity contribution in [3.05, 3.63) is 58.7 Å². The highest BCUT2D eigenvalue weighted by molar-refractivity contribution is 6.00. The van der Waals surface area contributed by atoms with Crippen LogP contribution in [0.2, 0.25) is 0 Å². The zero-order chi connectivity index (χ0) is 15.8. The first kappa shape index (κ1) is 15.1. The molecule has 0 fully saturated rings. The summed E-state index contributed by atoms with van der Waals surface area (Å²) in [6.45, 7) is 3.41. The van der Waals surface area contributed by atoms with Crippen LogP contribution in [0.3, 0.4) is 0 Å². The van der Waals surface area contributed by atoms with Crippen molar-refractivity contribution in [2.45, 2.75) is 20.0 Å². The summed E-state index contributed by atoms with van der Waals surface area (Å²) in [5, 5.41) is 0. The molecule has 1 N–H and O–H groups in total. The molecule has 1 aromatic heterocycles. The normalized spacial score (nSPS) is 11.5. The third-order valence-corrected chi connectivity index (χ3v) is 3.02. The van der Waals surface area contributed by atoms with Gasteiger partial charge in [0.2, 0.25) is 0 Å². The Bertz CT molecular complexity index is 669. The van der Waals surface area contributed by atoms with Crippen LogP contribution in [0.25, 0.3) is 0 Å². The largest absolute Gasteiger partial charge is 0.416 e. The fourth-order valence-corrected chi connectivity index (χ4v) is 1.88. The molecule has 21 heavy (non-hydrogen) atoms. The van der Waals surface area contributed by atoms with E-state index in [1.807, 2.05) is 0 Å². The average molecular weight is 300 g/mol. The minimum Gasteiger partial charge on any atom is -0.267 e. The molecule has 0 unspecified atom stereocenters. The molecular formula is C14H12F4N2O. The predicted octanol–water partition coefficient (Wildman–Crippen LogP) is 3.65. The summed E-state index contributed by atoms with van der Waals surface area (Å²) in [4.78, 5) is 12.0. The number of aryl methyl sites for hydroxylation is 2. The van der Waals surface area contributed by atoms with Gasteiger partial charge in [0.25, 0.3) is 5.91 Å². The fourth-order valence-electron chi connectivity index (χ4n) is 1.88. The molecule has 2 aromatic rings. The molecule has 0 aliphatic carbocycles. The third-order valence-electron chi connectivity index (χ3n) is 3.02. The number of hydrogen-bond donors (Lipinski definition) is 1. The lowest BCUT2D eigenvalue weighted by Gasteiger charge is -2.13. The number of nitrogens with zero attached hydrogens (tertiary/aromatic N) is 1. The molecule has 0 saturated heterocycles. The molecule has 3 nitrogen and oxygen atoms in total. The summed E-state index contributed by atoms with van der Waals surface area (Å²) in [6, 6.07) is 5.17. The first-order chi connectivity index (χ1) is 9.70. The Balaban J connectivity index is 2.35. The maximum Gasteiger partial charge on any atom is 0.416 e. The van der Waals surface area contributed by atoms with E-state index in [1.54, 1.807) is 26.0 Å². The molecule has 0 aliphatic heterocycles. The molecule has 0 radical (unpaired) electrons. The summed E-state index contributed by atoms with van der Waals surface area (Å²) in [5.74, 6) is -1.95. The minimum absolute atomic E-state index is 0.499. The molecule has 0 spiro atoms. The molecule has 0 atom stereocenters. The van der Waals surface area contributed by atoms with Gasteiger partial charge in [-0.3, -0.25) is 14.9 Å². The van der Waals surface area contributed by atoms with Crippen molar-refractivity contribution in [1.29, 1.82) is 0 Å². The van der Waals surface area contributed by atoms with Crippen LogP contribution in [0.4, 0.5) is 17.6 Å². The van der Waals surface area contributed by atoms with E-state index in [-0.39, 0.29) is 0 Å². The number of carbonyl (C=O) groups excluding carboxylic acids is 1. The van der Waals surface area contributed by atoms with Crippen LogP contribution >= 0.6 is 0 Å². The molecule has 1 amide bonds. The van der Waals surface area contributed by atoms with Crippen LogP contribution in [0.15, 0.2) is 30.3 Å². The molecule has 0 aliphatic rings. The first-order valence-electron chi connectivity index (χ1n) is 6.03. The fraction of sp³-hybridized carbons (Fsp3) is 0.214. The highest BCUT2D eigenvalue weighted by Gasteiger charge is 2.32. The van der Waals surface area contributed by atoms with Gasteiger partial charge in [-0.2, -0.15) is 13.2 Å². The van der Waals surface area contributed by atoms with Crippen LogP contribution in [-0.2, 0) is 6.18 Å². The van der Waals surface area contributed by atoms with E-state index in [2.05, 4.69) is 5.43 Å². The lowest BCUT2D eigenvalue weighted by atomic mass is 10.1. The van der Waals surface area contributed by atoms with Gasteiger partial charge in [0, 0.05) is 11.4 Å². The van der Waals surface area contributed by atoms with E-state index in [4.69, 9.17) is 0 Å². The molecule has 0 bridgehead atoms. The van der Waals surface area contributed by atoms with Crippen molar-refractivity contribution in [3.63, 3.8) is 0 Å². The van der Waals surface area contributed by atoms with Crippen LogP contribution in [-0.4, -0.2) is 10.6 Å². The van der Waals surface area contributed by atoms with Crippen LogP contribution in [0.5, 0.6) is 0 Å². The number of amides is 1. The quantitative estimate of drug-likeness (QED) is 0.844. The minimum atomic E-state index is -4.64. The standard InChI is InChI=1S/C14H12F4N2O/c1-8-3-4-9(2)20(8)19-13(21)11-7-10(14(16,17)18)5-6-12(11)15/h3-7H,1-2H3,(H,19,21). The molecule has 1 aromatic carbocycles. The number of aromatic nitrogens is 1. The number of nitrogens with one attached hydrogen (secondary N) is 1. The summed E-state index contributed by atoms with van der Waals surface area (Å²) in [7, 11) is 0. The van der Waals surface area contributed by atoms with Crippen molar-refractivity contribution in [2.24, 2.45) is 0 Å². The first-order valence-corrected chi connectivity index (χ1v) is 6.03. The second-order valence-corrected chi connectivity index (χ2v) is 4.58. The second-order valence-electron chi connectivity index (χ2n) is 4.58. The number of halogens is 4. The lowest BCUT2D eigenvalue weighted by molar-refractivity contribution is -0.137. The van der Waals surface area contributed by atoms with Crippen molar-refractivity contribution in [3.8, 4) is 0 Å². The molecular weight excluding hydrogens is 288 g/mol. The molecule has 2 rings (SSSR count). The van der Waals surface area contributed by atoms with Crippen molar-refractivity contribution < 1.29 is 22.4 Å².